The summed E-state index contributed by atoms with van der Waals surface area (Å²) in [5.41, 5.74) is 8.43. The van der Waals surface area contributed by atoms with Crippen LogP contribution < -0.4 is 0 Å². The molecule has 96 valence electrons. The van der Waals surface area contributed by atoms with Gasteiger partial charge in [-0.2, -0.15) is 0 Å². The number of aromatic carboxylic acids is 1. The van der Waals surface area contributed by atoms with Crippen LogP contribution in [0.25, 0.3) is 10.4 Å². The standard InChI is InChI=1S/C10H13N5O2S/c11-14-12-4-7-2-1-3-15(7)5-9-13-8(6-18-9)10(16)17/h6-7H,1-5H2,(H,16,17). The molecule has 18 heavy (non-hydrogen) atoms. The Kier molecular flexibility index (Phi) is 4.14. The maximum absolute atomic E-state index is 10.7. The number of carboxylic acids is 1. The van der Waals surface area contributed by atoms with Crippen LogP contribution in [0.15, 0.2) is 10.5 Å². The van der Waals surface area contributed by atoms with Crippen molar-refractivity contribution in [2.75, 3.05) is 13.1 Å². The summed E-state index contributed by atoms with van der Waals surface area (Å²) in [7, 11) is 0. The van der Waals surface area contributed by atoms with E-state index in [1.54, 1.807) is 5.38 Å². The van der Waals surface area contributed by atoms with Gasteiger partial charge in [0, 0.05) is 22.9 Å². The lowest BCUT2D eigenvalue weighted by atomic mass is 10.2. The van der Waals surface area contributed by atoms with Crippen molar-refractivity contribution >= 4 is 17.3 Å². The third kappa shape index (κ3) is 2.98. The summed E-state index contributed by atoms with van der Waals surface area (Å²) >= 11 is 1.35. The van der Waals surface area contributed by atoms with Crippen LogP contribution in [-0.4, -0.2) is 40.1 Å². The van der Waals surface area contributed by atoms with Crippen LogP contribution in [0.1, 0.15) is 28.3 Å². The fraction of sp³-hybridized carbons (Fsp3) is 0.600. The van der Waals surface area contributed by atoms with Crippen molar-refractivity contribution in [2.45, 2.75) is 25.4 Å². The normalized spacial score (nSPS) is 19.7. The zero-order chi connectivity index (χ0) is 13.0. The molecule has 1 aliphatic rings. The molecular weight excluding hydrogens is 254 g/mol. The molecule has 1 fully saturated rings. The van der Waals surface area contributed by atoms with E-state index in [0.717, 1.165) is 24.4 Å². The van der Waals surface area contributed by atoms with Crippen molar-refractivity contribution in [2.24, 2.45) is 5.11 Å². The molecule has 2 rings (SSSR count). The highest BCUT2D eigenvalue weighted by atomic mass is 32.1. The minimum absolute atomic E-state index is 0.0980. The number of carboxylic acid groups (broad SMARTS) is 1. The Bertz CT molecular complexity index is 482. The van der Waals surface area contributed by atoms with Crippen molar-refractivity contribution in [1.29, 1.82) is 0 Å². The lowest BCUT2D eigenvalue weighted by molar-refractivity contribution is 0.0691. The fourth-order valence-corrected chi connectivity index (χ4v) is 2.89. The second-order valence-electron chi connectivity index (χ2n) is 4.11. The average Bonchev–Trinajstić information content (AvgIpc) is 2.96. The first-order chi connectivity index (χ1) is 8.70. The molecule has 0 radical (unpaired) electrons. The summed E-state index contributed by atoms with van der Waals surface area (Å²) < 4.78 is 0. The van der Waals surface area contributed by atoms with E-state index in [9.17, 15) is 4.79 Å². The number of hydrogen-bond acceptors (Lipinski definition) is 5. The van der Waals surface area contributed by atoms with Gasteiger partial charge in [0.25, 0.3) is 0 Å². The van der Waals surface area contributed by atoms with Gasteiger partial charge in [-0.25, -0.2) is 9.78 Å². The first-order valence-corrected chi connectivity index (χ1v) is 6.51. The molecule has 0 spiro atoms. The Labute approximate surface area is 108 Å². The van der Waals surface area contributed by atoms with Crippen molar-refractivity contribution in [3.05, 3.63) is 26.5 Å². The lowest BCUT2D eigenvalue weighted by Crippen LogP contribution is -2.31. The first kappa shape index (κ1) is 12.8. The van der Waals surface area contributed by atoms with Crippen LogP contribution in [0, 0.1) is 0 Å². The molecule has 0 saturated carbocycles. The number of nitrogens with zero attached hydrogens (tertiary/aromatic N) is 5. The summed E-state index contributed by atoms with van der Waals surface area (Å²) in [6.07, 6.45) is 2.08. The molecule has 2 heterocycles. The molecular formula is C10H13N5O2S. The fourth-order valence-electron chi connectivity index (χ4n) is 2.10. The van der Waals surface area contributed by atoms with Gasteiger partial charge in [-0.05, 0) is 24.9 Å². The van der Waals surface area contributed by atoms with Gasteiger partial charge in [0.2, 0.25) is 0 Å². The molecule has 1 aliphatic heterocycles. The summed E-state index contributed by atoms with van der Waals surface area (Å²) in [6, 6.07) is 0.248. The van der Waals surface area contributed by atoms with Crippen LogP contribution >= 0.6 is 11.3 Å². The van der Waals surface area contributed by atoms with Gasteiger partial charge in [0.05, 0.1) is 6.54 Å². The summed E-state index contributed by atoms with van der Waals surface area (Å²) in [4.78, 5) is 19.8. The summed E-state index contributed by atoms with van der Waals surface area (Å²) in [5, 5.41) is 14.8. The van der Waals surface area contributed by atoms with Crippen LogP contribution in [0.5, 0.6) is 0 Å². The van der Waals surface area contributed by atoms with E-state index >= 15 is 0 Å². The number of likely N-dealkylation sites (tertiary alicyclic amines) is 1. The monoisotopic (exact) mass is 267 g/mol. The number of thiazole rings is 1. The molecule has 1 atom stereocenters. The number of azide groups is 1. The molecule has 0 amide bonds. The van der Waals surface area contributed by atoms with E-state index in [2.05, 4.69) is 19.9 Å². The minimum Gasteiger partial charge on any atom is -0.476 e. The van der Waals surface area contributed by atoms with E-state index < -0.39 is 5.97 Å². The van der Waals surface area contributed by atoms with Gasteiger partial charge in [-0.15, -0.1) is 11.3 Å². The lowest BCUT2D eigenvalue weighted by Gasteiger charge is -2.21. The third-order valence-corrected chi connectivity index (χ3v) is 3.80. The Balaban J connectivity index is 1.98. The Hall–Kier alpha value is -1.63. The highest BCUT2D eigenvalue weighted by Gasteiger charge is 2.24. The molecule has 8 heteroatoms. The molecule has 1 unspecified atom stereocenters. The van der Waals surface area contributed by atoms with E-state index in [4.69, 9.17) is 10.6 Å². The second kappa shape index (κ2) is 5.81. The van der Waals surface area contributed by atoms with Gasteiger partial charge in [0.15, 0.2) is 5.69 Å². The van der Waals surface area contributed by atoms with Crippen LogP contribution in [-0.2, 0) is 6.54 Å². The third-order valence-electron chi connectivity index (χ3n) is 2.96. The van der Waals surface area contributed by atoms with Crippen molar-refractivity contribution in [3.63, 3.8) is 0 Å². The SMILES string of the molecule is [N-]=[N+]=NCC1CCCN1Cc1nc(C(=O)O)cs1. The van der Waals surface area contributed by atoms with Crippen molar-refractivity contribution in [3.8, 4) is 0 Å². The number of carbonyl (C=O) groups is 1. The predicted octanol–water partition coefficient (Wildman–Crippen LogP) is 2.12. The molecule has 0 bridgehead atoms. The zero-order valence-corrected chi connectivity index (χ0v) is 10.5. The van der Waals surface area contributed by atoms with Gasteiger partial charge in [-0.1, -0.05) is 5.11 Å². The maximum Gasteiger partial charge on any atom is 0.355 e. The van der Waals surface area contributed by atoms with Crippen molar-refractivity contribution < 1.29 is 9.90 Å². The van der Waals surface area contributed by atoms with Crippen LogP contribution in [0.2, 0.25) is 0 Å². The molecule has 1 N–H and O–H groups in total. The van der Waals surface area contributed by atoms with E-state index in [0.29, 0.717) is 13.1 Å². The number of rotatable bonds is 5. The molecule has 1 aromatic heterocycles. The minimum atomic E-state index is -0.996. The number of aromatic nitrogens is 1. The van der Waals surface area contributed by atoms with Gasteiger partial charge in [0.1, 0.15) is 5.01 Å². The summed E-state index contributed by atoms with van der Waals surface area (Å²) in [6.45, 7) is 2.03. The molecule has 0 aliphatic carbocycles. The van der Waals surface area contributed by atoms with Gasteiger partial charge < -0.3 is 5.11 Å². The van der Waals surface area contributed by atoms with Crippen molar-refractivity contribution in [1.82, 2.24) is 9.88 Å². The summed E-state index contributed by atoms with van der Waals surface area (Å²) in [5.74, 6) is -0.996. The molecule has 7 nitrogen and oxygen atoms in total. The first-order valence-electron chi connectivity index (χ1n) is 5.63. The molecule has 0 aromatic carbocycles. The smallest absolute Gasteiger partial charge is 0.355 e. The molecule has 1 saturated heterocycles. The average molecular weight is 267 g/mol. The zero-order valence-electron chi connectivity index (χ0n) is 9.69. The quantitative estimate of drug-likeness (QED) is 0.501. The van der Waals surface area contributed by atoms with Gasteiger partial charge >= 0.3 is 5.97 Å². The topological polar surface area (TPSA) is 102 Å². The largest absolute Gasteiger partial charge is 0.476 e. The highest BCUT2D eigenvalue weighted by molar-refractivity contribution is 7.09. The van der Waals surface area contributed by atoms with E-state index in [1.807, 2.05) is 0 Å². The van der Waals surface area contributed by atoms with Crippen LogP contribution in [0.4, 0.5) is 0 Å². The Morgan fingerprint density at radius 3 is 3.28 bits per heavy atom. The number of hydrogen-bond donors (Lipinski definition) is 1. The Morgan fingerprint density at radius 2 is 2.61 bits per heavy atom. The molecule has 1 aromatic rings. The van der Waals surface area contributed by atoms with Gasteiger partial charge in [-0.3, -0.25) is 4.90 Å². The maximum atomic E-state index is 10.7. The predicted molar refractivity (Wildman–Crippen MR) is 66.5 cm³/mol. The van der Waals surface area contributed by atoms with E-state index in [-0.39, 0.29) is 11.7 Å². The highest BCUT2D eigenvalue weighted by Crippen LogP contribution is 2.22. The van der Waals surface area contributed by atoms with E-state index in [1.165, 1.54) is 11.3 Å². The second-order valence-corrected chi connectivity index (χ2v) is 5.05. The Morgan fingerprint density at radius 1 is 1.78 bits per heavy atom. The van der Waals surface area contributed by atoms with Crippen LogP contribution in [0.3, 0.4) is 0 Å².